The lowest BCUT2D eigenvalue weighted by Gasteiger charge is -2.48. The van der Waals surface area contributed by atoms with E-state index in [9.17, 15) is 9.90 Å². The fourth-order valence-corrected chi connectivity index (χ4v) is 3.86. The predicted molar refractivity (Wildman–Crippen MR) is 78.4 cm³/mol. The number of nitrogens with zero attached hydrogens (tertiary/aromatic N) is 1. The molecule has 0 radical (unpaired) electrons. The van der Waals surface area contributed by atoms with Crippen molar-refractivity contribution in [2.45, 2.75) is 57.1 Å². The van der Waals surface area contributed by atoms with E-state index in [0.717, 1.165) is 25.8 Å². The summed E-state index contributed by atoms with van der Waals surface area (Å²) in [4.78, 5) is 14.6. The van der Waals surface area contributed by atoms with Gasteiger partial charge in [0.25, 0.3) is 5.91 Å². The van der Waals surface area contributed by atoms with Gasteiger partial charge in [-0.15, -0.1) is 0 Å². The predicted octanol–water partition coefficient (Wildman–Crippen LogP) is 3.00. The van der Waals surface area contributed by atoms with Crippen molar-refractivity contribution < 1.29 is 9.90 Å². The lowest BCUT2D eigenvalue weighted by molar-refractivity contribution is -0.155. The van der Waals surface area contributed by atoms with Gasteiger partial charge in [-0.1, -0.05) is 37.6 Å². The van der Waals surface area contributed by atoms with E-state index in [-0.39, 0.29) is 11.9 Å². The van der Waals surface area contributed by atoms with Gasteiger partial charge in [0.1, 0.15) is 5.60 Å². The number of benzene rings is 1. The molecule has 108 valence electrons. The van der Waals surface area contributed by atoms with Gasteiger partial charge < -0.3 is 10.0 Å². The molecule has 2 bridgehead atoms. The van der Waals surface area contributed by atoms with Crippen LogP contribution in [0.4, 0.5) is 0 Å². The summed E-state index contributed by atoms with van der Waals surface area (Å²) in [5, 5.41) is 10.4. The van der Waals surface area contributed by atoms with Crippen molar-refractivity contribution in [1.82, 2.24) is 4.90 Å². The van der Waals surface area contributed by atoms with E-state index in [4.69, 9.17) is 0 Å². The number of hydrogen-bond donors (Lipinski definition) is 1. The van der Waals surface area contributed by atoms with Crippen LogP contribution in [0.5, 0.6) is 0 Å². The Morgan fingerprint density at radius 1 is 1.35 bits per heavy atom. The Balaban J connectivity index is 1.90. The molecule has 4 rings (SSSR count). The van der Waals surface area contributed by atoms with Gasteiger partial charge in [-0.25, -0.2) is 0 Å². The molecule has 1 aliphatic carbocycles. The van der Waals surface area contributed by atoms with Crippen LogP contribution in [0.1, 0.15) is 62.6 Å². The zero-order chi connectivity index (χ0) is 14.3. The fourth-order valence-electron chi connectivity index (χ4n) is 3.86. The van der Waals surface area contributed by atoms with Gasteiger partial charge >= 0.3 is 0 Å². The fraction of sp³-hybridized carbons (Fsp3) is 0.588. The number of rotatable bonds is 3. The Kier molecular flexibility index (Phi) is 3.33. The number of fused-ring (bicyclic) bond motifs is 2. The lowest BCUT2D eigenvalue weighted by Crippen LogP contribution is -2.53. The molecule has 3 atom stereocenters. The second kappa shape index (κ2) is 4.88. The molecular weight excluding hydrogens is 250 g/mol. The molecule has 1 saturated heterocycles. The minimum atomic E-state index is -1.22. The zero-order valence-electron chi connectivity index (χ0n) is 12.3. The lowest BCUT2D eigenvalue weighted by atomic mass is 9.74. The van der Waals surface area contributed by atoms with Crippen LogP contribution in [0.15, 0.2) is 24.3 Å². The molecule has 1 aromatic rings. The maximum Gasteiger partial charge on any atom is 0.254 e. The van der Waals surface area contributed by atoms with Gasteiger partial charge in [-0.2, -0.15) is 0 Å². The van der Waals surface area contributed by atoms with Crippen molar-refractivity contribution in [3.8, 4) is 0 Å². The Hall–Kier alpha value is -1.35. The molecule has 1 unspecified atom stereocenters. The van der Waals surface area contributed by atoms with Crippen molar-refractivity contribution in [3.63, 3.8) is 0 Å². The van der Waals surface area contributed by atoms with E-state index >= 15 is 0 Å². The molecule has 0 saturated carbocycles. The number of aliphatic hydroxyl groups is 1. The summed E-state index contributed by atoms with van der Waals surface area (Å²) in [5.41, 5.74) is 1.47. The largest absolute Gasteiger partial charge is 0.380 e. The summed E-state index contributed by atoms with van der Waals surface area (Å²) in [5.74, 6) is 0.348. The van der Waals surface area contributed by atoms with Crippen LogP contribution in [0.3, 0.4) is 0 Å². The maximum atomic E-state index is 12.7. The smallest absolute Gasteiger partial charge is 0.254 e. The third-order valence-corrected chi connectivity index (χ3v) is 4.84. The van der Waals surface area contributed by atoms with Crippen molar-refractivity contribution in [1.29, 1.82) is 0 Å². The quantitative estimate of drug-likeness (QED) is 0.919. The first-order valence-corrected chi connectivity index (χ1v) is 7.67. The number of piperidine rings is 1. The summed E-state index contributed by atoms with van der Waals surface area (Å²) in [7, 11) is 0. The highest BCUT2D eigenvalue weighted by atomic mass is 16.3. The molecule has 3 nitrogen and oxygen atoms in total. The Bertz CT molecular complexity index is 523. The Morgan fingerprint density at radius 3 is 2.75 bits per heavy atom. The first-order valence-electron chi connectivity index (χ1n) is 7.67. The van der Waals surface area contributed by atoms with E-state index in [1.807, 2.05) is 17.9 Å². The van der Waals surface area contributed by atoms with E-state index in [2.05, 4.69) is 18.2 Å². The monoisotopic (exact) mass is 273 g/mol. The summed E-state index contributed by atoms with van der Waals surface area (Å²) in [6.45, 7) is 4.42. The van der Waals surface area contributed by atoms with Crippen LogP contribution in [-0.4, -0.2) is 28.1 Å². The molecule has 1 N–H and O–H groups in total. The van der Waals surface area contributed by atoms with Gasteiger partial charge in [0, 0.05) is 12.5 Å². The third-order valence-electron chi connectivity index (χ3n) is 4.84. The minimum Gasteiger partial charge on any atom is -0.380 e. The molecule has 1 amide bonds. The van der Waals surface area contributed by atoms with Crippen LogP contribution in [0, 0.1) is 0 Å². The Labute approximate surface area is 120 Å². The maximum absolute atomic E-state index is 12.7. The summed E-state index contributed by atoms with van der Waals surface area (Å²) >= 11 is 0. The SMILES string of the molecule is CCCC(C)(O)C(=O)N1C[C@@H]2CC[C@H]1c1ccccc12. The van der Waals surface area contributed by atoms with Crippen LogP contribution < -0.4 is 0 Å². The molecule has 1 aromatic carbocycles. The van der Waals surface area contributed by atoms with Gasteiger partial charge in [0.2, 0.25) is 0 Å². The average Bonchev–Trinajstić information content (AvgIpc) is 2.47. The summed E-state index contributed by atoms with van der Waals surface area (Å²) < 4.78 is 0. The van der Waals surface area contributed by atoms with Crippen LogP contribution in [0.2, 0.25) is 0 Å². The second-order valence-electron chi connectivity index (χ2n) is 6.40. The highest BCUT2D eigenvalue weighted by Gasteiger charge is 2.44. The van der Waals surface area contributed by atoms with Crippen molar-refractivity contribution in [2.75, 3.05) is 6.54 Å². The third kappa shape index (κ3) is 2.05. The molecule has 3 heteroatoms. The molecule has 0 spiro atoms. The first-order chi connectivity index (χ1) is 9.54. The van der Waals surface area contributed by atoms with E-state index in [0.29, 0.717) is 12.3 Å². The summed E-state index contributed by atoms with van der Waals surface area (Å²) in [6.07, 6.45) is 3.52. The standard InChI is InChI=1S/C17H23NO2/c1-3-10-17(2,20)16(19)18-11-12-8-9-15(18)14-7-5-4-6-13(12)14/h4-7,12,15,20H,3,8-11H2,1-2H3/t12-,15-,17?/m0/s1. The van der Waals surface area contributed by atoms with Crippen molar-refractivity contribution in [2.24, 2.45) is 0 Å². The average molecular weight is 273 g/mol. The van der Waals surface area contributed by atoms with Gasteiger partial charge in [0.05, 0.1) is 6.04 Å². The molecular formula is C17H23NO2. The normalized spacial score (nSPS) is 27.1. The van der Waals surface area contributed by atoms with Gasteiger partial charge in [-0.05, 0) is 37.3 Å². The van der Waals surface area contributed by atoms with Crippen LogP contribution in [0.25, 0.3) is 0 Å². The topological polar surface area (TPSA) is 40.5 Å². The van der Waals surface area contributed by atoms with Crippen molar-refractivity contribution >= 4 is 5.91 Å². The molecule has 0 aromatic heterocycles. The van der Waals surface area contributed by atoms with Gasteiger partial charge in [-0.3, -0.25) is 4.79 Å². The number of hydrogen-bond acceptors (Lipinski definition) is 2. The number of carbonyl (C=O) groups excluding carboxylic acids is 1. The Morgan fingerprint density at radius 2 is 2.05 bits per heavy atom. The van der Waals surface area contributed by atoms with E-state index in [1.165, 1.54) is 11.1 Å². The molecule has 20 heavy (non-hydrogen) atoms. The van der Waals surface area contributed by atoms with Crippen LogP contribution in [-0.2, 0) is 4.79 Å². The number of carbonyl (C=O) groups is 1. The molecule has 1 fully saturated rings. The number of amides is 1. The van der Waals surface area contributed by atoms with Gasteiger partial charge in [0.15, 0.2) is 0 Å². The van der Waals surface area contributed by atoms with E-state index < -0.39 is 5.60 Å². The molecule has 3 aliphatic rings. The highest BCUT2D eigenvalue weighted by Crippen LogP contribution is 2.47. The van der Waals surface area contributed by atoms with E-state index in [1.54, 1.807) is 6.92 Å². The molecule has 2 heterocycles. The zero-order valence-corrected chi connectivity index (χ0v) is 12.3. The minimum absolute atomic E-state index is 0.0939. The molecule has 2 aliphatic heterocycles. The van der Waals surface area contributed by atoms with Crippen molar-refractivity contribution in [3.05, 3.63) is 35.4 Å². The second-order valence-corrected chi connectivity index (χ2v) is 6.40. The van der Waals surface area contributed by atoms with Crippen LogP contribution >= 0.6 is 0 Å². The first kappa shape index (κ1) is 13.6. The summed E-state index contributed by atoms with van der Waals surface area (Å²) in [6, 6.07) is 8.62. The highest BCUT2D eigenvalue weighted by molar-refractivity contribution is 5.85.